The van der Waals surface area contributed by atoms with Gasteiger partial charge in [-0.25, -0.2) is 8.42 Å². The number of methoxy groups -OCH3 is 1. The van der Waals surface area contributed by atoms with E-state index in [1.165, 1.54) is 24.1 Å². The number of carbonyl (C=O) groups excluding carboxylic acids is 2. The molecule has 0 saturated heterocycles. The van der Waals surface area contributed by atoms with Crippen LogP contribution in [0.5, 0.6) is 5.75 Å². The zero-order valence-corrected chi connectivity index (χ0v) is 25.8. The van der Waals surface area contributed by atoms with Crippen LogP contribution < -0.4 is 14.4 Å². The average Bonchev–Trinajstić information content (AvgIpc) is 2.96. The van der Waals surface area contributed by atoms with E-state index in [2.05, 4.69) is 5.32 Å². The SMILES string of the molecule is CC[C@H](C(=O)NCC(C)C)N(Cc1ccc(Cl)cc1Cl)C(=O)CN(c1ccccc1OC)S(=O)(=O)c1ccccc1. The molecule has 0 aromatic heterocycles. The highest BCUT2D eigenvalue weighted by Gasteiger charge is 2.35. The van der Waals surface area contributed by atoms with Crippen molar-refractivity contribution in [1.29, 1.82) is 0 Å². The predicted molar refractivity (Wildman–Crippen MR) is 163 cm³/mol. The van der Waals surface area contributed by atoms with Gasteiger partial charge in [0.25, 0.3) is 10.0 Å². The van der Waals surface area contributed by atoms with Crippen molar-refractivity contribution < 1.29 is 22.7 Å². The van der Waals surface area contributed by atoms with Gasteiger partial charge >= 0.3 is 0 Å². The quantitative estimate of drug-likeness (QED) is 0.262. The van der Waals surface area contributed by atoms with Gasteiger partial charge in [0.05, 0.1) is 17.7 Å². The summed E-state index contributed by atoms with van der Waals surface area (Å²) in [7, 11) is -2.79. The van der Waals surface area contributed by atoms with Crippen molar-refractivity contribution in [2.75, 3.05) is 24.5 Å². The Morgan fingerprint density at radius 1 is 0.976 bits per heavy atom. The topological polar surface area (TPSA) is 96.0 Å². The summed E-state index contributed by atoms with van der Waals surface area (Å²) in [5, 5.41) is 3.65. The van der Waals surface area contributed by atoms with Gasteiger partial charge in [-0.1, -0.05) is 80.4 Å². The van der Waals surface area contributed by atoms with Gasteiger partial charge < -0.3 is 15.0 Å². The molecule has 41 heavy (non-hydrogen) atoms. The first kappa shape index (κ1) is 32.2. The number of amides is 2. The van der Waals surface area contributed by atoms with Gasteiger partial charge in [-0.15, -0.1) is 0 Å². The number of sulfonamides is 1. The van der Waals surface area contributed by atoms with Crippen LogP contribution in [0.3, 0.4) is 0 Å². The molecule has 0 spiro atoms. The lowest BCUT2D eigenvalue weighted by molar-refractivity contribution is -0.140. The summed E-state index contributed by atoms with van der Waals surface area (Å²) in [5.74, 6) is -0.459. The van der Waals surface area contributed by atoms with E-state index in [1.54, 1.807) is 67.6 Å². The monoisotopic (exact) mass is 619 g/mol. The highest BCUT2D eigenvalue weighted by molar-refractivity contribution is 7.92. The molecule has 1 atom stereocenters. The summed E-state index contributed by atoms with van der Waals surface area (Å²) in [6.45, 7) is 5.54. The maximum Gasteiger partial charge on any atom is 0.264 e. The molecule has 0 bridgehead atoms. The zero-order valence-electron chi connectivity index (χ0n) is 23.5. The van der Waals surface area contributed by atoms with Crippen molar-refractivity contribution in [1.82, 2.24) is 10.2 Å². The van der Waals surface area contributed by atoms with Crippen LogP contribution in [-0.2, 0) is 26.2 Å². The summed E-state index contributed by atoms with van der Waals surface area (Å²) in [4.78, 5) is 28.9. The molecular weight excluding hydrogens is 585 g/mol. The molecule has 0 aliphatic rings. The van der Waals surface area contributed by atoms with Crippen LogP contribution in [0.4, 0.5) is 5.69 Å². The van der Waals surface area contributed by atoms with Crippen molar-refractivity contribution in [3.05, 3.63) is 88.4 Å². The second kappa shape index (κ2) is 14.6. The van der Waals surface area contributed by atoms with E-state index >= 15 is 0 Å². The number of nitrogens with one attached hydrogen (secondary N) is 1. The first-order valence-electron chi connectivity index (χ1n) is 13.2. The number of ether oxygens (including phenoxy) is 1. The van der Waals surface area contributed by atoms with Crippen LogP contribution in [0.2, 0.25) is 10.0 Å². The maximum absolute atomic E-state index is 14.2. The van der Waals surface area contributed by atoms with Gasteiger partial charge in [0, 0.05) is 23.1 Å². The summed E-state index contributed by atoms with van der Waals surface area (Å²) in [6, 6.07) is 18.4. The van der Waals surface area contributed by atoms with Crippen LogP contribution in [-0.4, -0.2) is 51.4 Å². The molecule has 0 unspecified atom stereocenters. The molecule has 0 aliphatic heterocycles. The van der Waals surface area contributed by atoms with Gasteiger partial charge in [-0.2, -0.15) is 0 Å². The molecule has 3 aromatic rings. The Kier molecular flexibility index (Phi) is 11.5. The van der Waals surface area contributed by atoms with Crippen LogP contribution in [0, 0.1) is 5.92 Å². The minimum Gasteiger partial charge on any atom is -0.495 e. The van der Waals surface area contributed by atoms with Gasteiger partial charge in [0.15, 0.2) is 0 Å². The van der Waals surface area contributed by atoms with E-state index in [9.17, 15) is 18.0 Å². The molecule has 0 radical (unpaired) electrons. The molecule has 2 amide bonds. The second-order valence-corrected chi connectivity index (χ2v) is 12.5. The number of anilines is 1. The number of para-hydroxylation sites is 2. The Hall–Kier alpha value is -3.27. The fraction of sp³-hybridized carbons (Fsp3) is 0.333. The molecule has 0 heterocycles. The summed E-state index contributed by atoms with van der Waals surface area (Å²) in [6.07, 6.45) is 0.293. The van der Waals surface area contributed by atoms with E-state index in [-0.39, 0.29) is 34.7 Å². The van der Waals surface area contributed by atoms with Gasteiger partial charge in [0.1, 0.15) is 18.3 Å². The fourth-order valence-electron chi connectivity index (χ4n) is 4.24. The number of carbonyl (C=O) groups is 2. The molecular formula is C30H35Cl2N3O5S. The van der Waals surface area contributed by atoms with E-state index in [0.29, 0.717) is 28.6 Å². The van der Waals surface area contributed by atoms with Crippen LogP contribution in [0.25, 0.3) is 0 Å². The highest BCUT2D eigenvalue weighted by Crippen LogP contribution is 2.33. The van der Waals surface area contributed by atoms with E-state index < -0.39 is 28.5 Å². The lowest BCUT2D eigenvalue weighted by atomic mass is 10.1. The van der Waals surface area contributed by atoms with Crippen molar-refractivity contribution in [2.45, 2.75) is 44.7 Å². The van der Waals surface area contributed by atoms with Crippen LogP contribution in [0.1, 0.15) is 32.8 Å². The third-order valence-electron chi connectivity index (χ3n) is 6.39. The van der Waals surface area contributed by atoms with Crippen molar-refractivity contribution in [3.63, 3.8) is 0 Å². The van der Waals surface area contributed by atoms with E-state index in [0.717, 1.165) is 4.31 Å². The lowest BCUT2D eigenvalue weighted by Crippen LogP contribution is -2.52. The minimum absolute atomic E-state index is 0.00715. The first-order valence-corrected chi connectivity index (χ1v) is 15.4. The molecule has 0 saturated carbocycles. The van der Waals surface area contributed by atoms with Crippen LogP contribution in [0.15, 0.2) is 77.7 Å². The Labute approximate surface area is 252 Å². The number of benzene rings is 3. The molecule has 8 nitrogen and oxygen atoms in total. The Balaban J connectivity index is 2.09. The number of nitrogens with zero attached hydrogens (tertiary/aromatic N) is 2. The van der Waals surface area contributed by atoms with Gasteiger partial charge in [0.2, 0.25) is 11.8 Å². The normalized spacial score (nSPS) is 12.1. The van der Waals surface area contributed by atoms with E-state index in [1.807, 2.05) is 13.8 Å². The summed E-state index contributed by atoms with van der Waals surface area (Å²) < 4.78 is 34.4. The highest BCUT2D eigenvalue weighted by atomic mass is 35.5. The molecule has 220 valence electrons. The van der Waals surface area contributed by atoms with Crippen molar-refractivity contribution in [3.8, 4) is 5.75 Å². The summed E-state index contributed by atoms with van der Waals surface area (Å²) >= 11 is 12.5. The molecule has 11 heteroatoms. The number of halogens is 2. The minimum atomic E-state index is -4.21. The number of hydrogen-bond acceptors (Lipinski definition) is 5. The number of rotatable bonds is 13. The standard InChI is InChI=1S/C30H35Cl2N3O5S/c1-5-26(30(37)33-18-21(2)3)34(19-22-15-16-23(31)17-25(22)32)29(36)20-35(27-13-9-10-14-28(27)40-4)41(38,39)24-11-7-6-8-12-24/h6-17,21,26H,5,18-20H2,1-4H3,(H,33,37)/t26-/m1/s1. The Morgan fingerprint density at radius 3 is 2.24 bits per heavy atom. The Bertz CT molecular complexity index is 1450. The maximum atomic E-state index is 14.2. The number of hydrogen-bond donors (Lipinski definition) is 1. The van der Waals surface area contributed by atoms with Gasteiger partial charge in [-0.3, -0.25) is 13.9 Å². The average molecular weight is 621 g/mol. The zero-order chi connectivity index (χ0) is 30.2. The third kappa shape index (κ3) is 8.15. The van der Waals surface area contributed by atoms with E-state index in [4.69, 9.17) is 27.9 Å². The van der Waals surface area contributed by atoms with Crippen molar-refractivity contribution >= 4 is 50.7 Å². The van der Waals surface area contributed by atoms with Crippen molar-refractivity contribution in [2.24, 2.45) is 5.92 Å². The molecule has 1 N–H and O–H groups in total. The summed E-state index contributed by atoms with van der Waals surface area (Å²) in [5.41, 5.74) is 0.753. The first-order chi connectivity index (χ1) is 19.5. The molecule has 3 aromatic carbocycles. The lowest BCUT2D eigenvalue weighted by Gasteiger charge is -2.33. The Morgan fingerprint density at radius 2 is 1.63 bits per heavy atom. The smallest absolute Gasteiger partial charge is 0.264 e. The third-order valence-corrected chi connectivity index (χ3v) is 8.75. The van der Waals surface area contributed by atoms with Gasteiger partial charge in [-0.05, 0) is 54.3 Å². The second-order valence-electron chi connectivity index (χ2n) is 9.82. The molecule has 3 rings (SSSR count). The molecule has 0 fully saturated rings. The largest absolute Gasteiger partial charge is 0.495 e. The predicted octanol–water partition coefficient (Wildman–Crippen LogP) is 5.78. The molecule has 0 aliphatic carbocycles. The fourth-order valence-corrected chi connectivity index (χ4v) is 6.16. The van der Waals surface area contributed by atoms with Crippen LogP contribution >= 0.6 is 23.2 Å².